The average molecular weight is 351 g/mol. The lowest BCUT2D eigenvalue weighted by Crippen LogP contribution is -2.28. The molecule has 1 unspecified atom stereocenters. The average Bonchev–Trinajstić information content (AvgIpc) is 2.53. The summed E-state index contributed by atoms with van der Waals surface area (Å²) < 4.78 is 42.2. The predicted octanol–water partition coefficient (Wildman–Crippen LogP) is 2.73. The van der Waals surface area contributed by atoms with Gasteiger partial charge in [-0.3, -0.25) is 4.79 Å². The minimum atomic E-state index is -3.53. The van der Waals surface area contributed by atoms with E-state index in [0.29, 0.717) is 5.56 Å². The third-order valence-electron chi connectivity index (χ3n) is 3.55. The lowest BCUT2D eigenvalue weighted by molar-refractivity contribution is 0.0936. The van der Waals surface area contributed by atoms with Crippen molar-refractivity contribution in [1.29, 1.82) is 0 Å². The van der Waals surface area contributed by atoms with Gasteiger partial charge in [0.1, 0.15) is 0 Å². The van der Waals surface area contributed by atoms with E-state index in [0.717, 1.165) is 6.26 Å². The fraction of sp³-hybridized carbons (Fsp3) is 0.235. The number of carbonyl (C=O) groups excluding carboxylic acids is 1. The molecule has 2 aromatic rings. The first-order valence-electron chi connectivity index (χ1n) is 7.17. The van der Waals surface area contributed by atoms with Gasteiger partial charge in [-0.25, -0.2) is 12.8 Å². The topological polar surface area (TPSA) is 72.5 Å². The van der Waals surface area contributed by atoms with Crippen LogP contribution in [0.3, 0.4) is 0 Å². The lowest BCUT2D eigenvalue weighted by atomic mass is 10.1. The second-order valence-corrected chi connectivity index (χ2v) is 7.34. The fourth-order valence-corrected chi connectivity index (χ4v) is 3.17. The number of ether oxygens (including phenoxy) is 1. The number of rotatable bonds is 5. The summed E-state index contributed by atoms with van der Waals surface area (Å²) in [4.78, 5) is 12.4. The molecule has 0 fully saturated rings. The van der Waals surface area contributed by atoms with Crippen LogP contribution < -0.4 is 10.1 Å². The van der Waals surface area contributed by atoms with Crippen molar-refractivity contribution in [2.75, 3.05) is 13.4 Å². The zero-order valence-electron chi connectivity index (χ0n) is 13.5. The van der Waals surface area contributed by atoms with E-state index < -0.39 is 27.6 Å². The molecule has 0 heterocycles. The van der Waals surface area contributed by atoms with Gasteiger partial charge in [0.2, 0.25) is 0 Å². The lowest BCUT2D eigenvalue weighted by Gasteiger charge is -2.16. The van der Waals surface area contributed by atoms with E-state index in [1.54, 1.807) is 25.1 Å². The Morgan fingerprint density at radius 1 is 1.21 bits per heavy atom. The van der Waals surface area contributed by atoms with Gasteiger partial charge in [0.05, 0.1) is 23.6 Å². The maximum atomic E-state index is 13.8. The second kappa shape index (κ2) is 7.00. The third-order valence-corrected chi connectivity index (χ3v) is 4.71. The monoisotopic (exact) mass is 351 g/mol. The van der Waals surface area contributed by atoms with Crippen molar-refractivity contribution in [2.45, 2.75) is 17.9 Å². The van der Waals surface area contributed by atoms with Gasteiger partial charge in [-0.15, -0.1) is 0 Å². The van der Waals surface area contributed by atoms with E-state index in [1.807, 2.05) is 0 Å². The summed E-state index contributed by atoms with van der Waals surface area (Å²) in [6.07, 6.45) is 1.04. The van der Waals surface area contributed by atoms with Crippen molar-refractivity contribution in [3.63, 3.8) is 0 Å². The van der Waals surface area contributed by atoms with E-state index in [4.69, 9.17) is 4.74 Å². The third kappa shape index (κ3) is 3.91. The van der Waals surface area contributed by atoms with Gasteiger partial charge in [0.15, 0.2) is 21.4 Å². The maximum Gasteiger partial charge on any atom is 0.253 e. The van der Waals surface area contributed by atoms with Crippen molar-refractivity contribution in [1.82, 2.24) is 5.32 Å². The molecule has 2 rings (SSSR count). The summed E-state index contributed by atoms with van der Waals surface area (Å²) in [5, 5.41) is 2.68. The highest BCUT2D eigenvalue weighted by atomic mass is 32.2. The molecule has 1 atom stereocenters. The summed E-state index contributed by atoms with van der Waals surface area (Å²) >= 11 is 0. The number of hydrogen-bond donors (Lipinski definition) is 1. The minimum absolute atomic E-state index is 0.0457. The molecule has 1 amide bonds. The Morgan fingerprint density at radius 2 is 1.88 bits per heavy atom. The van der Waals surface area contributed by atoms with Gasteiger partial charge >= 0.3 is 0 Å². The van der Waals surface area contributed by atoms with Gasteiger partial charge in [-0.2, -0.15) is 0 Å². The zero-order chi connectivity index (χ0) is 17.9. The predicted molar refractivity (Wildman–Crippen MR) is 88.4 cm³/mol. The van der Waals surface area contributed by atoms with E-state index in [-0.39, 0.29) is 16.2 Å². The Balaban J connectivity index is 2.26. The Labute approximate surface area is 140 Å². The minimum Gasteiger partial charge on any atom is -0.494 e. The van der Waals surface area contributed by atoms with Crippen molar-refractivity contribution < 1.29 is 22.3 Å². The fourth-order valence-electron chi connectivity index (χ4n) is 2.29. The molecule has 24 heavy (non-hydrogen) atoms. The second-order valence-electron chi connectivity index (χ2n) is 5.36. The number of sulfone groups is 1. The van der Waals surface area contributed by atoms with Crippen molar-refractivity contribution >= 4 is 15.7 Å². The molecule has 2 aromatic carbocycles. The summed E-state index contributed by atoms with van der Waals surface area (Å²) in [7, 11) is -2.17. The van der Waals surface area contributed by atoms with Gasteiger partial charge in [-0.05, 0) is 36.8 Å². The summed E-state index contributed by atoms with van der Waals surface area (Å²) in [6, 6.07) is 9.82. The molecule has 5 nitrogen and oxygen atoms in total. The molecule has 0 aromatic heterocycles. The Bertz CT molecular complexity index is 865. The SMILES string of the molecule is COc1ccc(C(C)NC(=O)c2ccccc2S(C)(=O)=O)cc1F. The highest BCUT2D eigenvalue weighted by Crippen LogP contribution is 2.22. The van der Waals surface area contributed by atoms with E-state index >= 15 is 0 Å². The van der Waals surface area contributed by atoms with Crippen LogP contribution in [0.1, 0.15) is 28.9 Å². The summed E-state index contributed by atoms with van der Waals surface area (Å²) in [6.45, 7) is 1.68. The number of benzene rings is 2. The molecule has 128 valence electrons. The first-order chi connectivity index (χ1) is 11.2. The molecule has 0 spiro atoms. The standard InChI is InChI=1S/C17H18FNO4S/c1-11(12-8-9-15(23-2)14(18)10-12)19-17(20)13-6-4-5-7-16(13)24(3,21)22/h4-11H,1-3H3,(H,19,20). The van der Waals surface area contributed by atoms with Crippen molar-refractivity contribution in [3.8, 4) is 5.75 Å². The first-order valence-corrected chi connectivity index (χ1v) is 9.06. The number of amides is 1. The molecule has 1 N–H and O–H groups in total. The highest BCUT2D eigenvalue weighted by molar-refractivity contribution is 7.90. The van der Waals surface area contributed by atoms with Crippen LogP contribution in [0.2, 0.25) is 0 Å². The van der Waals surface area contributed by atoms with Crippen LogP contribution in [0.25, 0.3) is 0 Å². The number of carbonyl (C=O) groups is 1. The van der Waals surface area contributed by atoms with E-state index in [9.17, 15) is 17.6 Å². The quantitative estimate of drug-likeness (QED) is 0.899. The van der Waals surface area contributed by atoms with E-state index in [1.165, 1.54) is 31.4 Å². The van der Waals surface area contributed by atoms with Crippen LogP contribution in [0, 0.1) is 5.82 Å². The molecular formula is C17H18FNO4S. The van der Waals surface area contributed by atoms with Gasteiger partial charge in [0.25, 0.3) is 5.91 Å². The van der Waals surface area contributed by atoms with Crippen LogP contribution in [0.15, 0.2) is 47.4 Å². The van der Waals surface area contributed by atoms with Crippen LogP contribution in [-0.2, 0) is 9.84 Å². The van der Waals surface area contributed by atoms with Crippen molar-refractivity contribution in [2.24, 2.45) is 0 Å². The van der Waals surface area contributed by atoms with Gasteiger partial charge in [0, 0.05) is 6.26 Å². The normalized spacial score (nSPS) is 12.5. The van der Waals surface area contributed by atoms with Gasteiger partial charge < -0.3 is 10.1 Å². The van der Waals surface area contributed by atoms with Crippen LogP contribution >= 0.6 is 0 Å². The van der Waals surface area contributed by atoms with Crippen LogP contribution in [0.4, 0.5) is 4.39 Å². The highest BCUT2D eigenvalue weighted by Gasteiger charge is 2.20. The van der Waals surface area contributed by atoms with Crippen LogP contribution in [-0.4, -0.2) is 27.7 Å². The summed E-state index contributed by atoms with van der Waals surface area (Å²) in [5.74, 6) is -0.966. The summed E-state index contributed by atoms with van der Waals surface area (Å²) in [5.41, 5.74) is 0.597. The van der Waals surface area contributed by atoms with Crippen LogP contribution in [0.5, 0.6) is 5.75 Å². The Kier molecular flexibility index (Phi) is 5.23. The Hall–Kier alpha value is -2.41. The smallest absolute Gasteiger partial charge is 0.253 e. The molecule has 0 aliphatic rings. The largest absolute Gasteiger partial charge is 0.494 e. The molecule has 0 bridgehead atoms. The molecule has 7 heteroatoms. The molecule has 0 aliphatic heterocycles. The zero-order valence-corrected chi connectivity index (χ0v) is 14.4. The molecule has 0 aliphatic carbocycles. The number of halogens is 1. The molecule has 0 saturated carbocycles. The molecule has 0 saturated heterocycles. The van der Waals surface area contributed by atoms with Crippen molar-refractivity contribution in [3.05, 3.63) is 59.4 Å². The maximum absolute atomic E-state index is 13.8. The number of methoxy groups -OCH3 is 1. The first kappa shape index (κ1) is 17.9. The number of nitrogens with one attached hydrogen (secondary N) is 1. The van der Waals surface area contributed by atoms with E-state index in [2.05, 4.69) is 5.32 Å². The number of hydrogen-bond acceptors (Lipinski definition) is 4. The molecular weight excluding hydrogens is 333 g/mol. The van der Waals surface area contributed by atoms with Gasteiger partial charge in [-0.1, -0.05) is 18.2 Å². The molecule has 0 radical (unpaired) electrons. The Morgan fingerprint density at radius 3 is 2.46 bits per heavy atom.